The average molecular weight is 538 g/mol. The van der Waals surface area contributed by atoms with E-state index in [2.05, 4.69) is 79.8 Å². The van der Waals surface area contributed by atoms with Gasteiger partial charge in [0.05, 0.1) is 21.2 Å². The van der Waals surface area contributed by atoms with E-state index in [1.165, 1.54) is 28.8 Å². The van der Waals surface area contributed by atoms with Crippen molar-refractivity contribution in [2.45, 2.75) is 13.0 Å². The van der Waals surface area contributed by atoms with Gasteiger partial charge in [0.15, 0.2) is 5.13 Å². The highest BCUT2D eigenvalue weighted by molar-refractivity contribution is 7.22. The van der Waals surface area contributed by atoms with Gasteiger partial charge in [0.2, 0.25) is 11.6 Å². The van der Waals surface area contributed by atoms with Crippen molar-refractivity contribution in [3.05, 3.63) is 112 Å². The van der Waals surface area contributed by atoms with E-state index in [9.17, 15) is 10.1 Å². The van der Waals surface area contributed by atoms with Crippen LogP contribution in [0.4, 0.5) is 22.5 Å². The van der Waals surface area contributed by atoms with Crippen molar-refractivity contribution >= 4 is 44.0 Å². The van der Waals surface area contributed by atoms with Gasteiger partial charge in [0, 0.05) is 26.2 Å². The predicted molar refractivity (Wildman–Crippen MR) is 155 cm³/mol. The zero-order valence-electron chi connectivity index (χ0n) is 21.4. The lowest BCUT2D eigenvalue weighted by molar-refractivity contribution is -0.383. The molecule has 5 aromatic rings. The lowest BCUT2D eigenvalue weighted by Gasteiger charge is -2.40. The Labute approximate surface area is 229 Å². The van der Waals surface area contributed by atoms with Gasteiger partial charge in [0.1, 0.15) is 6.33 Å². The highest BCUT2D eigenvalue weighted by atomic mass is 32.1. The van der Waals surface area contributed by atoms with Crippen LogP contribution < -0.4 is 10.2 Å². The average Bonchev–Trinajstić information content (AvgIpc) is 3.36. The molecular formula is C29H27N7O2S. The Kier molecular flexibility index (Phi) is 6.87. The van der Waals surface area contributed by atoms with E-state index >= 15 is 0 Å². The largest absolute Gasteiger partial charge is 0.353 e. The van der Waals surface area contributed by atoms with Crippen LogP contribution in [-0.4, -0.2) is 51.0 Å². The second-order valence-electron chi connectivity index (χ2n) is 9.51. The number of rotatable bonds is 7. The summed E-state index contributed by atoms with van der Waals surface area (Å²) in [5.41, 5.74) is 4.29. The van der Waals surface area contributed by atoms with E-state index in [1.54, 1.807) is 0 Å². The fraction of sp³-hybridized carbons (Fsp3) is 0.207. The van der Waals surface area contributed by atoms with Crippen LogP contribution in [0.2, 0.25) is 0 Å². The number of aromatic nitrogens is 3. The molecule has 196 valence electrons. The summed E-state index contributed by atoms with van der Waals surface area (Å²) in [7, 11) is 0. The van der Waals surface area contributed by atoms with Gasteiger partial charge < -0.3 is 10.2 Å². The minimum atomic E-state index is -0.405. The number of benzene rings is 3. The van der Waals surface area contributed by atoms with E-state index in [0.29, 0.717) is 24.0 Å². The molecule has 3 heterocycles. The van der Waals surface area contributed by atoms with Crippen LogP contribution in [0.1, 0.15) is 22.7 Å². The number of hydrogen-bond donors (Lipinski definition) is 1. The Hall–Kier alpha value is -4.41. The maximum atomic E-state index is 12.3. The van der Waals surface area contributed by atoms with Gasteiger partial charge in [-0.1, -0.05) is 78.1 Å². The third-order valence-electron chi connectivity index (χ3n) is 6.96. The molecule has 0 atom stereocenters. The Bertz CT molecular complexity index is 1560. The highest BCUT2D eigenvalue weighted by Crippen LogP contribution is 2.37. The molecule has 6 rings (SSSR count). The van der Waals surface area contributed by atoms with E-state index < -0.39 is 4.92 Å². The molecule has 0 spiro atoms. The quantitative estimate of drug-likeness (QED) is 0.201. The predicted octanol–water partition coefficient (Wildman–Crippen LogP) is 5.96. The third kappa shape index (κ3) is 5.16. The summed E-state index contributed by atoms with van der Waals surface area (Å²) in [6, 6.07) is 27.0. The lowest BCUT2D eigenvalue weighted by atomic mass is 9.96. The van der Waals surface area contributed by atoms with Gasteiger partial charge in [-0.3, -0.25) is 15.0 Å². The first-order chi connectivity index (χ1) is 19.1. The van der Waals surface area contributed by atoms with Crippen LogP contribution in [0.15, 0.2) is 85.2 Å². The van der Waals surface area contributed by atoms with Crippen LogP contribution in [0.3, 0.4) is 0 Å². The first-order valence-electron chi connectivity index (χ1n) is 12.8. The summed E-state index contributed by atoms with van der Waals surface area (Å²) in [4.78, 5) is 29.4. The summed E-state index contributed by atoms with van der Waals surface area (Å²) >= 11 is 1.44. The molecule has 0 unspecified atom stereocenters. The number of anilines is 3. The minimum absolute atomic E-state index is 0.106. The fourth-order valence-electron chi connectivity index (χ4n) is 5.12. The van der Waals surface area contributed by atoms with Crippen molar-refractivity contribution in [3.8, 4) is 0 Å². The smallest absolute Gasteiger partial charge is 0.348 e. The highest BCUT2D eigenvalue weighted by Gasteiger charge is 2.32. The zero-order valence-corrected chi connectivity index (χ0v) is 22.2. The van der Waals surface area contributed by atoms with E-state index in [0.717, 1.165) is 28.9 Å². The summed E-state index contributed by atoms with van der Waals surface area (Å²) in [5.74, 6) is 0.472. The Morgan fingerprint density at radius 1 is 0.923 bits per heavy atom. The summed E-state index contributed by atoms with van der Waals surface area (Å²) < 4.78 is 1.01. The molecule has 10 heteroatoms. The van der Waals surface area contributed by atoms with Crippen LogP contribution in [0, 0.1) is 17.0 Å². The molecular weight excluding hydrogens is 510 g/mol. The Morgan fingerprint density at radius 2 is 1.59 bits per heavy atom. The number of nitrogens with one attached hydrogen (secondary N) is 1. The van der Waals surface area contributed by atoms with Crippen molar-refractivity contribution in [1.29, 1.82) is 0 Å². The Balaban J connectivity index is 1.25. The van der Waals surface area contributed by atoms with Crippen molar-refractivity contribution in [3.63, 3.8) is 0 Å². The first kappa shape index (κ1) is 24.9. The van der Waals surface area contributed by atoms with Gasteiger partial charge in [0.25, 0.3) is 0 Å². The van der Waals surface area contributed by atoms with E-state index in [-0.39, 0.29) is 17.5 Å². The van der Waals surface area contributed by atoms with Crippen LogP contribution >= 0.6 is 11.3 Å². The minimum Gasteiger partial charge on any atom is -0.348 e. The number of hydrogen-bond acceptors (Lipinski definition) is 9. The molecule has 1 fully saturated rings. The fourth-order valence-corrected chi connectivity index (χ4v) is 6.09. The molecule has 3 aromatic carbocycles. The van der Waals surface area contributed by atoms with Gasteiger partial charge in [-0.25, -0.2) is 15.0 Å². The Morgan fingerprint density at radius 3 is 2.23 bits per heavy atom. The molecule has 1 saturated heterocycles. The molecule has 0 radical (unpaired) electrons. The first-order valence-corrected chi connectivity index (χ1v) is 13.6. The van der Waals surface area contributed by atoms with Crippen molar-refractivity contribution in [1.82, 2.24) is 19.9 Å². The van der Waals surface area contributed by atoms with Crippen molar-refractivity contribution in [2.24, 2.45) is 0 Å². The zero-order chi connectivity index (χ0) is 26.8. The molecule has 0 bridgehead atoms. The van der Waals surface area contributed by atoms with Gasteiger partial charge in [-0.15, -0.1) is 0 Å². The van der Waals surface area contributed by atoms with Crippen molar-refractivity contribution < 1.29 is 4.92 Å². The summed E-state index contributed by atoms with van der Waals surface area (Å²) in [6.45, 7) is 4.70. The molecule has 2 aromatic heterocycles. The molecule has 0 amide bonds. The topological polar surface area (TPSA) is 100 Å². The number of aryl methyl sites for hydroxylation is 1. The second-order valence-corrected chi connectivity index (χ2v) is 10.5. The maximum Gasteiger partial charge on any atom is 0.353 e. The standard InChI is InChI=1S/C29H27N7O2S/c1-20-12-13-23-24(18-20)39-29(32-23)33-27-26(36(37)38)28(31-19-30-27)35-16-14-34(15-17-35)25(21-8-4-2-5-9-21)22-10-6-3-7-11-22/h2-13,18-19,25H,14-17H2,1H3,(H,30,31,32,33). The molecule has 1 aliphatic heterocycles. The summed E-state index contributed by atoms with van der Waals surface area (Å²) in [6.07, 6.45) is 1.38. The van der Waals surface area contributed by atoms with E-state index in [1.807, 2.05) is 36.1 Å². The molecule has 9 nitrogen and oxygen atoms in total. The molecule has 0 saturated carbocycles. The number of thiazole rings is 1. The van der Waals surface area contributed by atoms with Gasteiger partial charge in [-0.2, -0.15) is 0 Å². The number of nitrogens with zero attached hydrogens (tertiary/aromatic N) is 6. The summed E-state index contributed by atoms with van der Waals surface area (Å²) in [5, 5.41) is 15.9. The normalized spacial score (nSPS) is 14.2. The van der Waals surface area contributed by atoms with E-state index in [4.69, 9.17) is 0 Å². The second kappa shape index (κ2) is 10.8. The monoisotopic (exact) mass is 537 g/mol. The molecule has 1 aliphatic rings. The molecule has 39 heavy (non-hydrogen) atoms. The molecule has 0 aliphatic carbocycles. The molecule has 1 N–H and O–H groups in total. The van der Waals surface area contributed by atoms with Crippen LogP contribution in [-0.2, 0) is 0 Å². The number of fused-ring (bicyclic) bond motifs is 1. The lowest BCUT2D eigenvalue weighted by Crippen LogP contribution is -2.48. The van der Waals surface area contributed by atoms with Gasteiger partial charge >= 0.3 is 5.69 Å². The number of piperazine rings is 1. The SMILES string of the molecule is Cc1ccc2nc(Nc3ncnc(N4CCN(C(c5ccccc5)c5ccccc5)CC4)c3[N+](=O)[O-])sc2c1. The third-order valence-corrected chi connectivity index (χ3v) is 7.90. The van der Waals surface area contributed by atoms with Crippen LogP contribution in [0.5, 0.6) is 0 Å². The van der Waals surface area contributed by atoms with Crippen LogP contribution in [0.25, 0.3) is 10.2 Å². The van der Waals surface area contributed by atoms with Gasteiger partial charge in [-0.05, 0) is 35.7 Å². The van der Waals surface area contributed by atoms with Crippen molar-refractivity contribution in [2.75, 3.05) is 36.4 Å². The maximum absolute atomic E-state index is 12.3. The number of nitro groups is 1.